The molecule has 122 valence electrons. The third-order valence-electron chi connectivity index (χ3n) is 2.06. The predicted octanol–water partition coefficient (Wildman–Crippen LogP) is 1.49. The molecule has 0 fully saturated rings. The number of esters is 1. The second kappa shape index (κ2) is 7.28. The summed E-state index contributed by atoms with van der Waals surface area (Å²) in [7, 11) is 0. The molecule has 0 rings (SSSR count). The van der Waals surface area contributed by atoms with Gasteiger partial charge in [-0.25, -0.2) is 9.59 Å². The smallest absolute Gasteiger partial charge is 0.408 e. The summed E-state index contributed by atoms with van der Waals surface area (Å²) in [6.07, 6.45) is -0.730. The predicted molar refractivity (Wildman–Crippen MR) is 77.4 cm³/mol. The normalized spacial score (nSPS) is 13.2. The second-order valence-electron chi connectivity index (χ2n) is 6.74. The number of carbonyl (C=O) groups is 3. The highest BCUT2D eigenvalue weighted by Crippen LogP contribution is 2.12. The monoisotopic (exact) mass is 302 g/mol. The van der Waals surface area contributed by atoms with Gasteiger partial charge in [0.15, 0.2) is 0 Å². The summed E-state index contributed by atoms with van der Waals surface area (Å²) in [6, 6.07) is -0.980. The molecule has 7 heteroatoms. The molecule has 0 bridgehead atoms. The van der Waals surface area contributed by atoms with Crippen LogP contribution in [-0.4, -0.2) is 35.2 Å². The van der Waals surface area contributed by atoms with Crippen molar-refractivity contribution in [3.05, 3.63) is 0 Å². The van der Waals surface area contributed by atoms with Crippen LogP contribution in [0, 0.1) is 0 Å². The summed E-state index contributed by atoms with van der Waals surface area (Å²) >= 11 is 0. The number of amides is 2. The number of ether oxygens (including phenoxy) is 2. The van der Waals surface area contributed by atoms with Crippen LogP contribution in [0.1, 0.15) is 54.4 Å². The molecule has 0 saturated heterocycles. The van der Waals surface area contributed by atoms with E-state index < -0.39 is 35.2 Å². The first-order chi connectivity index (χ1) is 9.30. The Balaban J connectivity index is 4.77. The molecule has 7 nitrogen and oxygen atoms in total. The topological polar surface area (TPSA) is 108 Å². The van der Waals surface area contributed by atoms with Gasteiger partial charge in [-0.1, -0.05) is 0 Å². The summed E-state index contributed by atoms with van der Waals surface area (Å²) in [5, 5.41) is 2.41. The van der Waals surface area contributed by atoms with Crippen molar-refractivity contribution in [3.8, 4) is 0 Å². The van der Waals surface area contributed by atoms with Crippen molar-refractivity contribution < 1.29 is 23.9 Å². The second-order valence-corrected chi connectivity index (χ2v) is 6.74. The molecule has 2 amide bonds. The summed E-state index contributed by atoms with van der Waals surface area (Å²) in [4.78, 5) is 34.6. The first-order valence-corrected chi connectivity index (χ1v) is 6.81. The van der Waals surface area contributed by atoms with E-state index in [4.69, 9.17) is 15.2 Å². The lowest BCUT2D eigenvalue weighted by atomic mass is 10.1. The number of primary amides is 1. The van der Waals surface area contributed by atoms with Gasteiger partial charge in [0.1, 0.15) is 17.2 Å². The average molecular weight is 302 g/mol. The van der Waals surface area contributed by atoms with Crippen molar-refractivity contribution in [1.82, 2.24) is 5.32 Å². The summed E-state index contributed by atoms with van der Waals surface area (Å²) in [5.41, 5.74) is 3.68. The fourth-order valence-corrected chi connectivity index (χ4v) is 1.36. The molecule has 0 aromatic carbocycles. The van der Waals surface area contributed by atoms with Gasteiger partial charge in [0.2, 0.25) is 5.91 Å². The molecular formula is C14H26N2O5. The van der Waals surface area contributed by atoms with Crippen molar-refractivity contribution in [2.75, 3.05) is 0 Å². The molecule has 0 saturated carbocycles. The SMILES string of the molecule is CC(C)(C)OC(=O)N[C@@H](CCC(N)=O)C(=O)OC(C)(C)C. The summed E-state index contributed by atoms with van der Waals surface area (Å²) in [5.74, 6) is -1.19. The van der Waals surface area contributed by atoms with Crippen LogP contribution in [0.3, 0.4) is 0 Å². The number of rotatable bonds is 5. The van der Waals surface area contributed by atoms with Gasteiger partial charge in [-0.05, 0) is 48.0 Å². The third-order valence-corrected chi connectivity index (χ3v) is 2.06. The fraction of sp³-hybridized carbons (Fsp3) is 0.786. The quantitative estimate of drug-likeness (QED) is 0.748. The molecule has 1 atom stereocenters. The molecule has 0 spiro atoms. The van der Waals surface area contributed by atoms with Crippen molar-refractivity contribution >= 4 is 18.0 Å². The lowest BCUT2D eigenvalue weighted by molar-refractivity contribution is -0.157. The zero-order valence-corrected chi connectivity index (χ0v) is 13.6. The maximum absolute atomic E-state index is 12.0. The zero-order valence-electron chi connectivity index (χ0n) is 13.6. The van der Waals surface area contributed by atoms with Crippen molar-refractivity contribution in [3.63, 3.8) is 0 Å². The van der Waals surface area contributed by atoms with Crippen molar-refractivity contribution in [2.45, 2.75) is 71.6 Å². The zero-order chi connectivity index (χ0) is 16.8. The van der Waals surface area contributed by atoms with E-state index in [1.165, 1.54) is 0 Å². The van der Waals surface area contributed by atoms with Crippen LogP contribution in [0.15, 0.2) is 0 Å². The first-order valence-electron chi connectivity index (χ1n) is 6.81. The molecule has 0 aromatic heterocycles. The summed E-state index contributed by atoms with van der Waals surface area (Å²) in [6.45, 7) is 10.3. The largest absolute Gasteiger partial charge is 0.458 e. The van der Waals surface area contributed by atoms with Gasteiger partial charge in [0.05, 0.1) is 0 Å². The van der Waals surface area contributed by atoms with Gasteiger partial charge in [-0.15, -0.1) is 0 Å². The Kier molecular flexibility index (Phi) is 6.66. The van der Waals surface area contributed by atoms with Crippen LogP contribution in [0.4, 0.5) is 4.79 Å². The molecule has 0 aliphatic rings. The average Bonchev–Trinajstić information content (AvgIpc) is 2.18. The first kappa shape index (κ1) is 19.2. The Morgan fingerprint density at radius 1 is 1.00 bits per heavy atom. The molecule has 0 radical (unpaired) electrons. The van der Waals surface area contributed by atoms with E-state index in [-0.39, 0.29) is 12.8 Å². The molecule has 21 heavy (non-hydrogen) atoms. The Bertz CT molecular complexity index is 393. The van der Waals surface area contributed by atoms with Gasteiger partial charge in [0, 0.05) is 6.42 Å². The van der Waals surface area contributed by atoms with E-state index in [9.17, 15) is 14.4 Å². The molecular weight excluding hydrogens is 276 g/mol. The van der Waals surface area contributed by atoms with Crippen LogP contribution in [0.5, 0.6) is 0 Å². The lowest BCUT2D eigenvalue weighted by Gasteiger charge is -2.26. The molecule has 0 aliphatic heterocycles. The Morgan fingerprint density at radius 3 is 1.86 bits per heavy atom. The van der Waals surface area contributed by atoms with E-state index >= 15 is 0 Å². The number of carbonyl (C=O) groups excluding carboxylic acids is 3. The minimum Gasteiger partial charge on any atom is -0.458 e. The van der Waals surface area contributed by atoms with Gasteiger partial charge < -0.3 is 20.5 Å². The highest BCUT2D eigenvalue weighted by Gasteiger charge is 2.28. The van der Waals surface area contributed by atoms with Gasteiger partial charge >= 0.3 is 12.1 Å². The van der Waals surface area contributed by atoms with Crippen LogP contribution in [-0.2, 0) is 19.1 Å². The Hall–Kier alpha value is -1.79. The van der Waals surface area contributed by atoms with Crippen LogP contribution < -0.4 is 11.1 Å². The van der Waals surface area contributed by atoms with Crippen molar-refractivity contribution in [2.24, 2.45) is 5.73 Å². The molecule has 0 aliphatic carbocycles. The van der Waals surface area contributed by atoms with E-state index in [1.807, 2.05) is 0 Å². The molecule has 0 aromatic rings. The Morgan fingerprint density at radius 2 is 1.48 bits per heavy atom. The number of nitrogens with two attached hydrogens (primary N) is 1. The van der Waals surface area contributed by atoms with Crippen LogP contribution >= 0.6 is 0 Å². The van der Waals surface area contributed by atoms with Crippen LogP contribution in [0.2, 0.25) is 0 Å². The minimum atomic E-state index is -0.980. The number of nitrogens with one attached hydrogen (secondary N) is 1. The molecule has 0 heterocycles. The minimum absolute atomic E-state index is 0.0420. The fourth-order valence-electron chi connectivity index (χ4n) is 1.36. The van der Waals surface area contributed by atoms with Crippen molar-refractivity contribution in [1.29, 1.82) is 0 Å². The van der Waals surface area contributed by atoms with E-state index in [1.54, 1.807) is 41.5 Å². The summed E-state index contributed by atoms with van der Waals surface area (Å²) < 4.78 is 10.3. The molecule has 0 unspecified atom stereocenters. The van der Waals surface area contributed by atoms with Crippen LogP contribution in [0.25, 0.3) is 0 Å². The number of alkyl carbamates (subject to hydrolysis) is 1. The van der Waals surface area contributed by atoms with E-state index in [2.05, 4.69) is 5.32 Å². The number of hydrogen-bond acceptors (Lipinski definition) is 5. The van der Waals surface area contributed by atoms with Gasteiger partial charge in [0.25, 0.3) is 0 Å². The molecule has 3 N–H and O–H groups in total. The standard InChI is InChI=1S/C14H26N2O5/c1-13(2,3)20-11(18)9(7-8-10(15)17)16-12(19)21-14(4,5)6/h9H,7-8H2,1-6H3,(H2,15,17)(H,16,19)/t9-/m0/s1. The third kappa shape index (κ3) is 10.6. The number of hydrogen-bond donors (Lipinski definition) is 2. The maximum Gasteiger partial charge on any atom is 0.408 e. The lowest BCUT2D eigenvalue weighted by Crippen LogP contribution is -2.46. The van der Waals surface area contributed by atoms with Gasteiger partial charge in [-0.2, -0.15) is 0 Å². The van der Waals surface area contributed by atoms with E-state index in [0.29, 0.717) is 0 Å². The van der Waals surface area contributed by atoms with Gasteiger partial charge in [-0.3, -0.25) is 4.79 Å². The van der Waals surface area contributed by atoms with E-state index in [0.717, 1.165) is 0 Å². The highest BCUT2D eigenvalue weighted by atomic mass is 16.6. The maximum atomic E-state index is 12.0. The highest BCUT2D eigenvalue weighted by molar-refractivity contribution is 5.82. The Labute approximate surface area is 125 Å².